The molecule has 0 saturated heterocycles. The third kappa shape index (κ3) is 22.8. The molecule has 18 heavy (non-hydrogen) atoms. The molecular formula is C10H16Na2O4S2. The zero-order valence-corrected chi connectivity index (χ0v) is 16.7. The van der Waals surface area contributed by atoms with Gasteiger partial charge in [-0.2, -0.15) is 23.5 Å². The number of hydrogen-bond acceptors (Lipinski definition) is 6. The van der Waals surface area contributed by atoms with E-state index in [1.165, 1.54) is 23.5 Å². The summed E-state index contributed by atoms with van der Waals surface area (Å²) < 4.78 is 0. The van der Waals surface area contributed by atoms with Gasteiger partial charge in [0.2, 0.25) is 0 Å². The molecule has 8 heteroatoms. The monoisotopic (exact) mass is 310 g/mol. The zero-order valence-electron chi connectivity index (χ0n) is 11.1. The number of hydrogen-bond donors (Lipinski definition) is 0. The molecule has 0 aliphatic rings. The van der Waals surface area contributed by atoms with Gasteiger partial charge < -0.3 is 19.8 Å². The van der Waals surface area contributed by atoms with Crippen molar-refractivity contribution in [2.45, 2.75) is 25.7 Å². The van der Waals surface area contributed by atoms with Crippen molar-refractivity contribution >= 4 is 35.5 Å². The van der Waals surface area contributed by atoms with Gasteiger partial charge in [-0.15, -0.1) is 0 Å². The summed E-state index contributed by atoms with van der Waals surface area (Å²) in [6.45, 7) is 0. The second kappa shape index (κ2) is 18.6. The molecule has 94 valence electrons. The number of carbonyl (C=O) groups is 2. The standard InChI is InChI=1S/C10H18O4S2.2Na/c11-9(12)7-15-5-3-1-2-4-6-16-8-10(13)14;;/h1-8H2,(H,11,12)(H,13,14);;/q;2*+1/p-2. The van der Waals surface area contributed by atoms with Crippen LogP contribution in [-0.2, 0) is 9.59 Å². The predicted octanol–water partition coefficient (Wildman–Crippen LogP) is -6.48. The van der Waals surface area contributed by atoms with Crippen LogP contribution in [0.2, 0.25) is 0 Å². The van der Waals surface area contributed by atoms with Crippen LogP contribution in [0.15, 0.2) is 0 Å². The van der Waals surface area contributed by atoms with E-state index in [2.05, 4.69) is 0 Å². The van der Waals surface area contributed by atoms with Crippen molar-refractivity contribution in [3.63, 3.8) is 0 Å². The Bertz CT molecular complexity index is 196. The summed E-state index contributed by atoms with van der Waals surface area (Å²) in [5.74, 6) is -0.184. The van der Waals surface area contributed by atoms with Crippen LogP contribution >= 0.6 is 23.5 Å². The van der Waals surface area contributed by atoms with Gasteiger partial charge in [-0.25, -0.2) is 0 Å². The predicted molar refractivity (Wildman–Crippen MR) is 63.1 cm³/mol. The number of carboxylic acid groups (broad SMARTS) is 2. The van der Waals surface area contributed by atoms with Crippen LogP contribution in [0.3, 0.4) is 0 Å². The third-order valence-electron chi connectivity index (χ3n) is 1.77. The fraction of sp³-hybridized carbons (Fsp3) is 0.800. The van der Waals surface area contributed by atoms with Crippen molar-refractivity contribution in [3.05, 3.63) is 0 Å². The number of rotatable bonds is 11. The molecule has 0 aromatic carbocycles. The van der Waals surface area contributed by atoms with E-state index >= 15 is 0 Å². The molecule has 0 aliphatic carbocycles. The summed E-state index contributed by atoms with van der Waals surface area (Å²) in [7, 11) is 0. The molecule has 0 unspecified atom stereocenters. The van der Waals surface area contributed by atoms with Crippen LogP contribution in [0.4, 0.5) is 0 Å². The van der Waals surface area contributed by atoms with Crippen LogP contribution in [0.1, 0.15) is 25.7 Å². The van der Waals surface area contributed by atoms with Crippen molar-refractivity contribution in [3.8, 4) is 0 Å². The molecule has 0 heterocycles. The number of aliphatic carboxylic acids is 2. The van der Waals surface area contributed by atoms with Crippen LogP contribution in [0.25, 0.3) is 0 Å². The summed E-state index contributed by atoms with van der Waals surface area (Å²) in [4.78, 5) is 20.1. The number of unbranched alkanes of at least 4 members (excludes halogenated alkanes) is 3. The normalized spacial score (nSPS) is 9.11. The van der Waals surface area contributed by atoms with Crippen molar-refractivity contribution in [2.75, 3.05) is 23.0 Å². The van der Waals surface area contributed by atoms with E-state index in [9.17, 15) is 19.8 Å². The molecule has 0 spiro atoms. The molecule has 0 radical (unpaired) electrons. The van der Waals surface area contributed by atoms with Crippen molar-refractivity contribution < 1.29 is 78.9 Å². The Kier molecular flexibility index (Phi) is 25.5. The Hall–Kier alpha value is 1.64. The quantitative estimate of drug-likeness (QED) is 0.279. The first kappa shape index (κ1) is 24.6. The zero-order chi connectivity index (χ0) is 12.2. The maximum absolute atomic E-state index is 10.1. The van der Waals surface area contributed by atoms with Crippen molar-refractivity contribution in [1.82, 2.24) is 0 Å². The summed E-state index contributed by atoms with van der Waals surface area (Å²) in [6, 6.07) is 0. The Balaban J connectivity index is -0.00000112. The van der Waals surface area contributed by atoms with Gasteiger partial charge in [-0.1, -0.05) is 12.8 Å². The number of carbonyl (C=O) groups excluding carboxylic acids is 2. The number of carboxylic acids is 2. The topological polar surface area (TPSA) is 80.3 Å². The first-order chi connectivity index (χ1) is 7.63. The van der Waals surface area contributed by atoms with Gasteiger partial charge in [0.15, 0.2) is 0 Å². The summed E-state index contributed by atoms with van der Waals surface area (Å²) >= 11 is 2.76. The third-order valence-corrected chi connectivity index (χ3v) is 3.80. The van der Waals surface area contributed by atoms with Gasteiger partial charge in [0.25, 0.3) is 0 Å². The molecule has 0 aromatic heterocycles. The van der Waals surface area contributed by atoms with Crippen molar-refractivity contribution in [1.29, 1.82) is 0 Å². The average Bonchev–Trinajstić information content (AvgIpc) is 2.20. The van der Waals surface area contributed by atoms with Crippen LogP contribution in [0, 0.1) is 0 Å². The Morgan fingerprint density at radius 3 is 1.33 bits per heavy atom. The van der Waals surface area contributed by atoms with E-state index in [0.29, 0.717) is 0 Å². The molecule has 0 aliphatic heterocycles. The molecular weight excluding hydrogens is 294 g/mol. The van der Waals surface area contributed by atoms with Gasteiger partial charge in [0.05, 0.1) is 11.9 Å². The largest absolute Gasteiger partial charge is 1.00 e. The minimum absolute atomic E-state index is 0. The molecule has 0 amide bonds. The van der Waals surface area contributed by atoms with E-state index in [0.717, 1.165) is 37.2 Å². The minimum atomic E-state index is -1.01. The summed E-state index contributed by atoms with van der Waals surface area (Å²) in [6.07, 6.45) is 4.13. The van der Waals surface area contributed by atoms with Gasteiger partial charge in [0.1, 0.15) is 0 Å². The van der Waals surface area contributed by atoms with Crippen LogP contribution in [0.5, 0.6) is 0 Å². The first-order valence-electron chi connectivity index (χ1n) is 5.18. The molecule has 0 N–H and O–H groups in total. The molecule has 0 rings (SSSR count). The Morgan fingerprint density at radius 1 is 0.722 bits per heavy atom. The smallest absolute Gasteiger partial charge is 0.549 e. The van der Waals surface area contributed by atoms with Gasteiger partial charge >= 0.3 is 59.1 Å². The summed E-state index contributed by atoms with van der Waals surface area (Å²) in [5, 5.41) is 20.1. The second-order valence-corrected chi connectivity index (χ2v) is 5.47. The van der Waals surface area contributed by atoms with E-state index in [4.69, 9.17) is 0 Å². The molecule has 0 fully saturated rings. The fourth-order valence-electron chi connectivity index (χ4n) is 1.07. The van der Waals surface area contributed by atoms with Crippen LogP contribution in [-0.4, -0.2) is 35.0 Å². The molecule has 4 nitrogen and oxygen atoms in total. The second-order valence-electron chi connectivity index (χ2n) is 3.26. The van der Waals surface area contributed by atoms with E-state index in [1.807, 2.05) is 0 Å². The van der Waals surface area contributed by atoms with Crippen LogP contribution < -0.4 is 69.3 Å². The fourth-order valence-corrected chi connectivity index (χ4v) is 2.51. The molecule has 0 atom stereocenters. The number of thioether (sulfide) groups is 2. The van der Waals surface area contributed by atoms with E-state index < -0.39 is 11.9 Å². The molecule has 0 aromatic rings. The minimum Gasteiger partial charge on any atom is -0.549 e. The Morgan fingerprint density at radius 2 is 1.06 bits per heavy atom. The van der Waals surface area contributed by atoms with Crippen molar-refractivity contribution in [2.24, 2.45) is 0 Å². The average molecular weight is 310 g/mol. The van der Waals surface area contributed by atoms with Gasteiger partial charge in [0, 0.05) is 11.5 Å². The maximum atomic E-state index is 10.1. The van der Waals surface area contributed by atoms with E-state index in [-0.39, 0.29) is 70.6 Å². The maximum Gasteiger partial charge on any atom is 1.00 e. The van der Waals surface area contributed by atoms with Gasteiger partial charge in [-0.3, -0.25) is 0 Å². The molecule has 0 saturated carbocycles. The SMILES string of the molecule is O=C([O-])CSCCCCCCSCC(=O)[O-].[Na+].[Na+]. The molecule has 0 bridgehead atoms. The summed E-state index contributed by atoms with van der Waals surface area (Å²) in [5.41, 5.74) is 0. The van der Waals surface area contributed by atoms with Gasteiger partial charge in [-0.05, 0) is 24.3 Å². The van der Waals surface area contributed by atoms with E-state index in [1.54, 1.807) is 0 Å². The first-order valence-corrected chi connectivity index (χ1v) is 7.49. The Labute approximate surface area is 161 Å².